The number of ether oxygens (including phenoxy) is 2. The van der Waals surface area contributed by atoms with Gasteiger partial charge in [0.05, 0.1) is 37.4 Å². The predicted octanol–water partition coefficient (Wildman–Crippen LogP) is 3.80. The van der Waals surface area contributed by atoms with Crippen LogP contribution in [0.5, 0.6) is 11.5 Å². The number of methoxy groups -OCH3 is 2. The van der Waals surface area contributed by atoms with Gasteiger partial charge in [0.25, 0.3) is 0 Å². The Kier molecular flexibility index (Phi) is 4.21. The van der Waals surface area contributed by atoms with Gasteiger partial charge in [0, 0.05) is 12.3 Å². The summed E-state index contributed by atoms with van der Waals surface area (Å²) in [7, 11) is 3.30. The van der Waals surface area contributed by atoms with Crippen LogP contribution in [0.25, 0.3) is 5.69 Å². The van der Waals surface area contributed by atoms with Gasteiger partial charge in [-0.2, -0.15) is 5.10 Å². The number of hydrogen-bond acceptors (Lipinski definition) is 4. The fraction of sp³-hybridized carbons (Fsp3) is 0.238. The van der Waals surface area contributed by atoms with Crippen molar-refractivity contribution in [2.75, 3.05) is 14.2 Å². The zero-order valence-corrected chi connectivity index (χ0v) is 14.8. The van der Waals surface area contributed by atoms with Crippen molar-refractivity contribution in [3.63, 3.8) is 0 Å². The Morgan fingerprint density at radius 1 is 1.00 bits per heavy atom. The summed E-state index contributed by atoms with van der Waals surface area (Å²) < 4.78 is 12.6. The van der Waals surface area contributed by atoms with E-state index in [0.29, 0.717) is 12.0 Å². The number of aromatic nitrogens is 2. The van der Waals surface area contributed by atoms with Crippen molar-refractivity contribution in [2.45, 2.75) is 18.8 Å². The summed E-state index contributed by atoms with van der Waals surface area (Å²) in [5, 5.41) is 4.47. The number of para-hydroxylation sites is 1. The van der Waals surface area contributed by atoms with Gasteiger partial charge in [-0.1, -0.05) is 18.2 Å². The summed E-state index contributed by atoms with van der Waals surface area (Å²) in [5.74, 6) is 1.82. The number of carbonyl (C=O) groups excluding carboxylic acids is 1. The number of hydrogen-bond donors (Lipinski definition) is 0. The largest absolute Gasteiger partial charge is 0.497 e. The Morgan fingerprint density at radius 2 is 1.77 bits per heavy atom. The van der Waals surface area contributed by atoms with Crippen LogP contribution in [0.2, 0.25) is 0 Å². The maximum atomic E-state index is 12.7. The monoisotopic (exact) mass is 348 g/mol. The van der Waals surface area contributed by atoms with Crippen LogP contribution < -0.4 is 9.47 Å². The number of Topliss-reactive ketones (excluding diaryl/α,β-unsaturated/α-hetero) is 1. The summed E-state index contributed by atoms with van der Waals surface area (Å²) in [6, 6.07) is 15.6. The Labute approximate surface area is 152 Å². The predicted molar refractivity (Wildman–Crippen MR) is 98.5 cm³/mol. The van der Waals surface area contributed by atoms with E-state index in [1.54, 1.807) is 20.4 Å². The second-order valence-corrected chi connectivity index (χ2v) is 6.39. The highest BCUT2D eigenvalue weighted by molar-refractivity contribution is 5.98. The fourth-order valence-electron chi connectivity index (χ4n) is 3.61. The first-order chi connectivity index (χ1) is 12.7. The molecule has 2 aromatic carbocycles. The molecule has 1 heterocycles. The van der Waals surface area contributed by atoms with Crippen LogP contribution >= 0.6 is 0 Å². The molecule has 1 aliphatic carbocycles. The van der Waals surface area contributed by atoms with Crippen LogP contribution in [-0.4, -0.2) is 29.8 Å². The number of nitrogens with zero attached hydrogens (tertiary/aromatic N) is 2. The molecule has 1 aromatic heterocycles. The van der Waals surface area contributed by atoms with Crippen molar-refractivity contribution in [3.05, 3.63) is 71.5 Å². The van der Waals surface area contributed by atoms with E-state index in [4.69, 9.17) is 9.47 Å². The third kappa shape index (κ3) is 2.75. The molecule has 0 N–H and O–H groups in total. The first-order valence-electron chi connectivity index (χ1n) is 8.58. The quantitative estimate of drug-likeness (QED) is 0.720. The molecular weight excluding hydrogens is 328 g/mol. The molecule has 132 valence electrons. The van der Waals surface area contributed by atoms with E-state index in [-0.39, 0.29) is 11.7 Å². The Hall–Kier alpha value is -3.08. The number of fused-ring (bicyclic) bond motifs is 1. The first-order valence-corrected chi connectivity index (χ1v) is 8.58. The molecule has 3 aromatic rings. The lowest BCUT2D eigenvalue weighted by molar-refractivity contribution is 0.0963. The average molecular weight is 348 g/mol. The minimum atomic E-state index is 0.0832. The maximum Gasteiger partial charge on any atom is 0.166 e. The summed E-state index contributed by atoms with van der Waals surface area (Å²) in [6.45, 7) is 0. The molecule has 0 saturated carbocycles. The molecular formula is C21H20N2O3. The van der Waals surface area contributed by atoms with Crippen LogP contribution in [0.3, 0.4) is 0 Å². The van der Waals surface area contributed by atoms with Crippen LogP contribution in [0.15, 0.2) is 54.7 Å². The van der Waals surface area contributed by atoms with Gasteiger partial charge in [-0.15, -0.1) is 0 Å². The van der Waals surface area contributed by atoms with Crippen LogP contribution in [0, 0.1) is 0 Å². The summed E-state index contributed by atoms with van der Waals surface area (Å²) in [6.07, 6.45) is 2.90. The van der Waals surface area contributed by atoms with Gasteiger partial charge in [-0.25, -0.2) is 4.68 Å². The van der Waals surface area contributed by atoms with Gasteiger partial charge in [-0.3, -0.25) is 4.79 Å². The SMILES string of the molecule is COc1ccc(-n2ncc3c2C[C@@H](c2ccccc2OC)CC3=O)cc1. The number of carbonyl (C=O) groups is 1. The summed E-state index contributed by atoms with van der Waals surface area (Å²) in [5.41, 5.74) is 3.64. The van der Waals surface area contributed by atoms with Crippen LogP contribution in [-0.2, 0) is 6.42 Å². The second-order valence-electron chi connectivity index (χ2n) is 6.39. The van der Waals surface area contributed by atoms with Crippen molar-refractivity contribution in [1.82, 2.24) is 9.78 Å². The van der Waals surface area contributed by atoms with Crippen LogP contribution in [0.1, 0.15) is 34.0 Å². The van der Waals surface area contributed by atoms with E-state index >= 15 is 0 Å². The van der Waals surface area contributed by atoms with Gasteiger partial charge >= 0.3 is 0 Å². The standard InChI is InChI=1S/C21H20N2O3/c1-25-16-9-7-15(8-10-16)23-19-11-14(12-20(24)18(19)13-22-23)17-5-3-4-6-21(17)26-2/h3-10,13-14H,11-12H2,1-2H3/t14-/m1/s1. The summed E-state index contributed by atoms with van der Waals surface area (Å²) in [4.78, 5) is 12.7. The highest BCUT2D eigenvalue weighted by atomic mass is 16.5. The minimum Gasteiger partial charge on any atom is -0.497 e. The number of rotatable bonds is 4. The number of benzene rings is 2. The van der Waals surface area contributed by atoms with Crippen LogP contribution in [0.4, 0.5) is 0 Å². The Bertz CT molecular complexity index is 944. The van der Waals surface area contributed by atoms with Gasteiger partial charge in [0.15, 0.2) is 5.78 Å². The number of ketones is 1. The van der Waals surface area contributed by atoms with E-state index in [0.717, 1.165) is 34.9 Å². The molecule has 4 rings (SSSR count). The molecule has 0 aliphatic heterocycles. The van der Waals surface area contributed by atoms with Gasteiger partial charge in [0.1, 0.15) is 11.5 Å². The maximum absolute atomic E-state index is 12.7. The fourth-order valence-corrected chi connectivity index (χ4v) is 3.61. The molecule has 26 heavy (non-hydrogen) atoms. The van der Waals surface area contributed by atoms with E-state index in [2.05, 4.69) is 5.10 Å². The third-order valence-electron chi connectivity index (χ3n) is 4.94. The molecule has 0 bridgehead atoms. The molecule has 0 fully saturated rings. The van der Waals surface area contributed by atoms with E-state index in [9.17, 15) is 4.79 Å². The van der Waals surface area contributed by atoms with Gasteiger partial charge in [-0.05, 0) is 42.3 Å². The summed E-state index contributed by atoms with van der Waals surface area (Å²) >= 11 is 0. The zero-order valence-electron chi connectivity index (χ0n) is 14.8. The normalized spacial score (nSPS) is 16.2. The zero-order chi connectivity index (χ0) is 18.1. The van der Waals surface area contributed by atoms with Crippen molar-refractivity contribution < 1.29 is 14.3 Å². The Balaban J connectivity index is 1.73. The van der Waals surface area contributed by atoms with E-state index in [1.165, 1.54) is 0 Å². The molecule has 5 nitrogen and oxygen atoms in total. The van der Waals surface area contributed by atoms with Crippen molar-refractivity contribution in [1.29, 1.82) is 0 Å². The molecule has 0 spiro atoms. The first kappa shape index (κ1) is 16.4. The molecule has 0 saturated heterocycles. The molecule has 5 heteroatoms. The average Bonchev–Trinajstić information content (AvgIpc) is 3.12. The smallest absolute Gasteiger partial charge is 0.166 e. The highest BCUT2D eigenvalue weighted by Gasteiger charge is 2.31. The lowest BCUT2D eigenvalue weighted by Gasteiger charge is -2.24. The van der Waals surface area contributed by atoms with Gasteiger partial charge < -0.3 is 9.47 Å². The highest BCUT2D eigenvalue weighted by Crippen LogP contribution is 2.37. The molecule has 0 radical (unpaired) electrons. The molecule has 0 amide bonds. The van der Waals surface area contributed by atoms with E-state index in [1.807, 2.05) is 53.2 Å². The third-order valence-corrected chi connectivity index (χ3v) is 4.94. The van der Waals surface area contributed by atoms with Crippen molar-refractivity contribution in [3.8, 4) is 17.2 Å². The van der Waals surface area contributed by atoms with Crippen molar-refractivity contribution in [2.24, 2.45) is 0 Å². The molecule has 1 atom stereocenters. The molecule has 0 unspecified atom stereocenters. The Morgan fingerprint density at radius 3 is 2.50 bits per heavy atom. The van der Waals surface area contributed by atoms with Crippen molar-refractivity contribution >= 4 is 5.78 Å². The lowest BCUT2D eigenvalue weighted by Crippen LogP contribution is -2.20. The molecule has 1 aliphatic rings. The second kappa shape index (κ2) is 6.67. The van der Waals surface area contributed by atoms with Gasteiger partial charge in [0.2, 0.25) is 0 Å². The topological polar surface area (TPSA) is 53.4 Å². The van der Waals surface area contributed by atoms with E-state index < -0.39 is 0 Å². The minimum absolute atomic E-state index is 0.0832. The lowest BCUT2D eigenvalue weighted by atomic mass is 9.82.